The van der Waals surface area contributed by atoms with Crippen molar-refractivity contribution in [2.45, 2.75) is 57.3 Å². The molecule has 1 saturated heterocycles. The summed E-state index contributed by atoms with van der Waals surface area (Å²) in [5.74, 6) is 1.72. The van der Waals surface area contributed by atoms with Crippen molar-refractivity contribution in [1.29, 1.82) is 0 Å². The number of alkyl halides is 3. The van der Waals surface area contributed by atoms with Crippen LogP contribution in [0.3, 0.4) is 0 Å². The van der Waals surface area contributed by atoms with Crippen LogP contribution in [0.5, 0.6) is 0 Å². The van der Waals surface area contributed by atoms with Gasteiger partial charge in [-0.25, -0.2) is 4.98 Å². The molecular weight excluding hydrogens is 419 g/mol. The van der Waals surface area contributed by atoms with Crippen LogP contribution >= 0.6 is 0 Å². The van der Waals surface area contributed by atoms with E-state index in [1.165, 1.54) is 30.8 Å². The molecule has 0 spiro atoms. The molecule has 3 aliphatic rings. The standard InChI is InChI=1S/C23H30F3N5O/c1-13(2)31-20(21-17-8-16(9-18(17)21)30-3-5-32-6-4-30)10-19(29-31)15-7-14(11-23(24,25)26)22(27)28-12-15/h7,10,12-13,16-18,21H,3-6,8-9,11H2,1-2H3,(H2,27,28)/t16?,17-,18?,21?/m1/s1. The number of pyridine rings is 1. The van der Waals surface area contributed by atoms with E-state index in [4.69, 9.17) is 15.6 Å². The number of anilines is 1. The van der Waals surface area contributed by atoms with E-state index in [2.05, 4.69) is 29.8 Å². The van der Waals surface area contributed by atoms with E-state index in [1.54, 1.807) is 0 Å². The van der Waals surface area contributed by atoms with Gasteiger partial charge in [-0.05, 0) is 50.7 Å². The first-order valence-corrected chi connectivity index (χ1v) is 11.4. The van der Waals surface area contributed by atoms with E-state index in [-0.39, 0.29) is 17.4 Å². The molecule has 2 aromatic heterocycles. The number of nitrogens with zero attached hydrogens (tertiary/aromatic N) is 4. The molecule has 5 rings (SSSR count). The summed E-state index contributed by atoms with van der Waals surface area (Å²) in [6.45, 7) is 7.87. The summed E-state index contributed by atoms with van der Waals surface area (Å²) in [5, 5.41) is 4.77. The first-order chi connectivity index (χ1) is 15.2. The maximum absolute atomic E-state index is 12.9. The van der Waals surface area contributed by atoms with Gasteiger partial charge in [0.05, 0.1) is 25.3 Å². The van der Waals surface area contributed by atoms with Crippen LogP contribution in [0.25, 0.3) is 11.3 Å². The average Bonchev–Trinajstić information content (AvgIpc) is 3.09. The number of aromatic nitrogens is 3. The third kappa shape index (κ3) is 4.12. The maximum Gasteiger partial charge on any atom is 0.393 e. The molecule has 2 saturated carbocycles. The Morgan fingerprint density at radius 1 is 1.16 bits per heavy atom. The zero-order valence-corrected chi connectivity index (χ0v) is 18.5. The number of fused-ring (bicyclic) bond motifs is 1. The molecule has 0 bridgehead atoms. The van der Waals surface area contributed by atoms with Crippen molar-refractivity contribution in [3.8, 4) is 11.3 Å². The van der Waals surface area contributed by atoms with Gasteiger partial charge in [-0.1, -0.05) is 0 Å². The van der Waals surface area contributed by atoms with Gasteiger partial charge in [0.1, 0.15) is 5.82 Å². The molecule has 0 amide bonds. The summed E-state index contributed by atoms with van der Waals surface area (Å²) in [5.41, 5.74) is 8.14. The van der Waals surface area contributed by atoms with E-state index in [1.807, 2.05) is 4.68 Å². The zero-order valence-electron chi connectivity index (χ0n) is 18.5. The van der Waals surface area contributed by atoms with Crippen LogP contribution < -0.4 is 5.73 Å². The highest BCUT2D eigenvalue weighted by Gasteiger charge is 2.58. The second-order valence-corrected chi connectivity index (χ2v) is 9.68. The van der Waals surface area contributed by atoms with Crippen molar-refractivity contribution in [1.82, 2.24) is 19.7 Å². The van der Waals surface area contributed by atoms with Gasteiger partial charge in [0.15, 0.2) is 0 Å². The molecule has 3 unspecified atom stereocenters. The van der Waals surface area contributed by atoms with E-state index in [0.29, 0.717) is 35.1 Å². The van der Waals surface area contributed by atoms with Gasteiger partial charge in [-0.15, -0.1) is 0 Å². The summed E-state index contributed by atoms with van der Waals surface area (Å²) < 4.78 is 46.3. The molecular formula is C23H30F3N5O. The van der Waals surface area contributed by atoms with Crippen LogP contribution in [0, 0.1) is 11.8 Å². The summed E-state index contributed by atoms with van der Waals surface area (Å²) >= 11 is 0. The van der Waals surface area contributed by atoms with Crippen molar-refractivity contribution in [2.24, 2.45) is 11.8 Å². The number of rotatable bonds is 5. The van der Waals surface area contributed by atoms with Crippen molar-refractivity contribution in [3.05, 3.63) is 29.6 Å². The topological polar surface area (TPSA) is 69.2 Å². The van der Waals surface area contributed by atoms with Crippen LogP contribution in [0.2, 0.25) is 0 Å². The summed E-state index contributed by atoms with van der Waals surface area (Å²) in [4.78, 5) is 6.59. The molecule has 32 heavy (non-hydrogen) atoms. The van der Waals surface area contributed by atoms with Crippen LogP contribution in [0.15, 0.2) is 18.3 Å². The predicted octanol–water partition coefficient (Wildman–Crippen LogP) is 4.04. The van der Waals surface area contributed by atoms with Crippen molar-refractivity contribution >= 4 is 5.82 Å². The zero-order chi connectivity index (χ0) is 22.6. The number of nitrogens with two attached hydrogens (primary N) is 1. The Kier molecular flexibility index (Phi) is 5.44. The molecule has 174 valence electrons. The highest BCUT2D eigenvalue weighted by molar-refractivity contribution is 5.62. The normalized spacial score (nSPS) is 28.3. The number of morpholine rings is 1. The average molecular weight is 450 g/mol. The molecule has 2 aliphatic carbocycles. The van der Waals surface area contributed by atoms with Crippen LogP contribution in [-0.2, 0) is 11.2 Å². The molecule has 3 heterocycles. The predicted molar refractivity (Wildman–Crippen MR) is 115 cm³/mol. The van der Waals surface area contributed by atoms with Gasteiger partial charge in [-0.2, -0.15) is 18.3 Å². The fraction of sp³-hybridized carbons (Fsp3) is 0.652. The lowest BCUT2D eigenvalue weighted by atomic mass is 10.0. The monoisotopic (exact) mass is 449 g/mol. The lowest BCUT2D eigenvalue weighted by molar-refractivity contribution is -0.127. The second-order valence-electron chi connectivity index (χ2n) is 9.68. The van der Waals surface area contributed by atoms with Gasteiger partial charge in [0, 0.05) is 54.1 Å². The van der Waals surface area contributed by atoms with Gasteiger partial charge in [-0.3, -0.25) is 9.58 Å². The summed E-state index contributed by atoms with van der Waals surface area (Å²) in [6, 6.07) is 4.35. The minimum atomic E-state index is -4.33. The second kappa shape index (κ2) is 8.02. The largest absolute Gasteiger partial charge is 0.393 e. The molecule has 0 aromatic carbocycles. The molecule has 4 atom stereocenters. The van der Waals surface area contributed by atoms with Crippen molar-refractivity contribution in [2.75, 3.05) is 32.0 Å². The molecule has 2 N–H and O–H groups in total. The third-order valence-corrected chi connectivity index (χ3v) is 7.27. The van der Waals surface area contributed by atoms with Gasteiger partial charge < -0.3 is 10.5 Å². The van der Waals surface area contributed by atoms with Crippen LogP contribution in [0.1, 0.15) is 49.9 Å². The molecule has 6 nitrogen and oxygen atoms in total. The van der Waals surface area contributed by atoms with E-state index in [0.717, 1.165) is 26.3 Å². The van der Waals surface area contributed by atoms with Gasteiger partial charge in [0.2, 0.25) is 0 Å². The Hall–Kier alpha value is -2.13. The number of hydrogen-bond donors (Lipinski definition) is 1. The minimum absolute atomic E-state index is 0.00714. The third-order valence-electron chi connectivity index (χ3n) is 7.27. The summed E-state index contributed by atoms with van der Waals surface area (Å²) in [6.07, 6.45) is -1.50. The molecule has 3 fully saturated rings. The Labute approximate surface area is 185 Å². The van der Waals surface area contributed by atoms with E-state index in [9.17, 15) is 13.2 Å². The SMILES string of the molecule is CC(C)n1nc(-c2cnc(N)c(CC(F)(F)F)c2)cc1C1C2CC(N3CCOCC3)C[C@H]21. The molecule has 0 radical (unpaired) electrons. The Bertz CT molecular complexity index is 970. The molecule has 1 aliphatic heterocycles. The number of nitrogen functional groups attached to an aromatic ring is 1. The van der Waals surface area contributed by atoms with E-state index >= 15 is 0 Å². The highest BCUT2D eigenvalue weighted by atomic mass is 19.4. The molecule has 2 aromatic rings. The summed E-state index contributed by atoms with van der Waals surface area (Å²) in [7, 11) is 0. The van der Waals surface area contributed by atoms with Crippen molar-refractivity contribution < 1.29 is 17.9 Å². The lowest BCUT2D eigenvalue weighted by Crippen LogP contribution is -2.43. The molecule has 9 heteroatoms. The van der Waals surface area contributed by atoms with Crippen LogP contribution in [-0.4, -0.2) is 58.2 Å². The smallest absolute Gasteiger partial charge is 0.383 e. The lowest BCUT2D eigenvalue weighted by Gasteiger charge is -2.33. The Morgan fingerprint density at radius 3 is 2.47 bits per heavy atom. The Morgan fingerprint density at radius 2 is 1.84 bits per heavy atom. The first kappa shape index (κ1) is 21.7. The van der Waals surface area contributed by atoms with Gasteiger partial charge in [0.25, 0.3) is 0 Å². The first-order valence-electron chi connectivity index (χ1n) is 11.4. The minimum Gasteiger partial charge on any atom is -0.383 e. The number of hydrogen-bond acceptors (Lipinski definition) is 5. The van der Waals surface area contributed by atoms with Crippen LogP contribution in [0.4, 0.5) is 19.0 Å². The fourth-order valence-electron chi connectivity index (χ4n) is 5.72. The van der Waals surface area contributed by atoms with Crippen molar-refractivity contribution in [3.63, 3.8) is 0 Å². The number of halogens is 3. The fourth-order valence-corrected chi connectivity index (χ4v) is 5.72. The van der Waals surface area contributed by atoms with E-state index < -0.39 is 12.6 Å². The highest BCUT2D eigenvalue weighted by Crippen LogP contribution is 2.64. The van der Waals surface area contributed by atoms with Gasteiger partial charge >= 0.3 is 6.18 Å². The Balaban J connectivity index is 1.36. The quantitative estimate of drug-likeness (QED) is 0.746. The maximum atomic E-state index is 12.9. The number of ether oxygens (including phenoxy) is 1.